The number of amides is 2. The maximum absolute atomic E-state index is 12.7. The summed E-state index contributed by atoms with van der Waals surface area (Å²) < 4.78 is 17.4. The van der Waals surface area contributed by atoms with E-state index in [1.54, 1.807) is 17.0 Å². The lowest BCUT2D eigenvalue weighted by atomic mass is 9.95. The SMILES string of the molecule is O=C(Nc1cc2c(cc1Br)OCCO2)C1CCN(C(=O)COc2ccccc2)CC1. The Morgan fingerprint density at radius 1 is 1.07 bits per heavy atom. The predicted molar refractivity (Wildman–Crippen MR) is 115 cm³/mol. The van der Waals surface area contributed by atoms with Crippen molar-refractivity contribution in [3.05, 3.63) is 46.9 Å². The van der Waals surface area contributed by atoms with Crippen molar-refractivity contribution in [3.63, 3.8) is 0 Å². The predicted octanol–water partition coefficient (Wildman–Crippen LogP) is 3.48. The summed E-state index contributed by atoms with van der Waals surface area (Å²) in [6, 6.07) is 12.8. The van der Waals surface area contributed by atoms with Crippen LogP contribution in [0, 0.1) is 5.92 Å². The van der Waals surface area contributed by atoms with Crippen LogP contribution in [-0.2, 0) is 9.59 Å². The first-order valence-corrected chi connectivity index (χ1v) is 10.7. The van der Waals surface area contributed by atoms with Crippen molar-refractivity contribution in [3.8, 4) is 17.2 Å². The molecule has 0 radical (unpaired) electrons. The number of nitrogens with one attached hydrogen (secondary N) is 1. The maximum Gasteiger partial charge on any atom is 0.260 e. The fraction of sp³-hybridized carbons (Fsp3) is 0.364. The minimum atomic E-state index is -0.149. The van der Waals surface area contributed by atoms with Crippen LogP contribution in [-0.4, -0.2) is 49.6 Å². The standard InChI is InChI=1S/C22H23BrN2O5/c23-17-12-19-20(29-11-10-28-19)13-18(17)24-22(27)15-6-8-25(9-7-15)21(26)14-30-16-4-2-1-3-5-16/h1-5,12-13,15H,6-11,14H2,(H,24,27). The number of ether oxygens (including phenoxy) is 3. The molecular formula is C22H23BrN2O5. The van der Waals surface area contributed by atoms with Gasteiger partial charge in [-0.1, -0.05) is 18.2 Å². The van der Waals surface area contributed by atoms with Gasteiger partial charge in [-0.2, -0.15) is 0 Å². The second-order valence-corrected chi connectivity index (χ2v) is 8.08. The van der Waals surface area contributed by atoms with E-state index in [9.17, 15) is 9.59 Å². The van der Waals surface area contributed by atoms with Gasteiger partial charge >= 0.3 is 0 Å². The van der Waals surface area contributed by atoms with Crippen LogP contribution in [0.5, 0.6) is 17.2 Å². The van der Waals surface area contributed by atoms with Crippen LogP contribution in [0.25, 0.3) is 0 Å². The number of likely N-dealkylation sites (tertiary alicyclic amines) is 1. The van der Waals surface area contributed by atoms with Crippen molar-refractivity contribution < 1.29 is 23.8 Å². The lowest BCUT2D eigenvalue weighted by molar-refractivity contribution is -0.136. The molecule has 2 amide bonds. The van der Waals surface area contributed by atoms with E-state index in [4.69, 9.17) is 14.2 Å². The Balaban J connectivity index is 1.28. The van der Waals surface area contributed by atoms with Crippen molar-refractivity contribution >= 4 is 33.4 Å². The first-order chi connectivity index (χ1) is 14.6. The minimum absolute atomic E-state index is 0.00498. The zero-order chi connectivity index (χ0) is 20.9. The molecule has 8 heteroatoms. The highest BCUT2D eigenvalue weighted by molar-refractivity contribution is 9.10. The van der Waals surface area contributed by atoms with E-state index in [-0.39, 0.29) is 24.3 Å². The number of halogens is 1. The Bertz CT molecular complexity index is 913. The van der Waals surface area contributed by atoms with E-state index in [1.807, 2.05) is 30.3 Å². The molecule has 0 aliphatic carbocycles. The van der Waals surface area contributed by atoms with Gasteiger partial charge in [-0.3, -0.25) is 9.59 Å². The molecular weight excluding hydrogens is 452 g/mol. The highest BCUT2D eigenvalue weighted by Gasteiger charge is 2.28. The molecule has 30 heavy (non-hydrogen) atoms. The number of fused-ring (bicyclic) bond motifs is 1. The summed E-state index contributed by atoms with van der Waals surface area (Å²) in [6.07, 6.45) is 1.23. The number of anilines is 1. The zero-order valence-corrected chi connectivity index (χ0v) is 18.0. The number of rotatable bonds is 5. The lowest BCUT2D eigenvalue weighted by Gasteiger charge is -2.31. The zero-order valence-electron chi connectivity index (χ0n) is 16.4. The topological polar surface area (TPSA) is 77.1 Å². The summed E-state index contributed by atoms with van der Waals surface area (Å²) in [7, 11) is 0. The fourth-order valence-corrected chi connectivity index (χ4v) is 3.96. The lowest BCUT2D eigenvalue weighted by Crippen LogP contribution is -2.43. The summed E-state index contributed by atoms with van der Waals surface area (Å²) in [5.41, 5.74) is 0.652. The third kappa shape index (κ3) is 4.87. The van der Waals surface area contributed by atoms with Gasteiger partial charge in [0.1, 0.15) is 19.0 Å². The summed E-state index contributed by atoms with van der Waals surface area (Å²) >= 11 is 3.48. The summed E-state index contributed by atoms with van der Waals surface area (Å²) in [5.74, 6) is 1.69. The highest BCUT2D eigenvalue weighted by atomic mass is 79.9. The van der Waals surface area contributed by atoms with Crippen molar-refractivity contribution in [2.75, 3.05) is 38.2 Å². The molecule has 2 heterocycles. The first kappa shape index (κ1) is 20.5. The molecule has 0 bridgehead atoms. The van der Waals surface area contributed by atoms with Gasteiger partial charge < -0.3 is 24.4 Å². The second-order valence-electron chi connectivity index (χ2n) is 7.22. The molecule has 0 unspecified atom stereocenters. The number of piperidine rings is 1. The van der Waals surface area contributed by atoms with E-state index < -0.39 is 0 Å². The Kier molecular flexibility index (Phi) is 6.42. The summed E-state index contributed by atoms with van der Waals surface area (Å²) in [6.45, 7) is 2.08. The molecule has 1 saturated heterocycles. The third-order valence-electron chi connectivity index (χ3n) is 5.21. The van der Waals surface area contributed by atoms with Gasteiger partial charge in [0.2, 0.25) is 5.91 Å². The van der Waals surface area contributed by atoms with Crippen LogP contribution in [0.1, 0.15) is 12.8 Å². The van der Waals surface area contributed by atoms with E-state index >= 15 is 0 Å². The molecule has 0 saturated carbocycles. The number of hydrogen-bond acceptors (Lipinski definition) is 5. The van der Waals surface area contributed by atoms with Crippen LogP contribution in [0.3, 0.4) is 0 Å². The minimum Gasteiger partial charge on any atom is -0.486 e. The highest BCUT2D eigenvalue weighted by Crippen LogP contribution is 2.38. The van der Waals surface area contributed by atoms with E-state index in [0.29, 0.717) is 62.1 Å². The number of nitrogens with zero attached hydrogens (tertiary/aromatic N) is 1. The molecule has 4 rings (SSSR count). The van der Waals surface area contributed by atoms with E-state index in [0.717, 1.165) is 4.47 Å². The van der Waals surface area contributed by atoms with Gasteiger partial charge in [-0.05, 0) is 40.9 Å². The number of carbonyl (C=O) groups is 2. The molecule has 158 valence electrons. The normalized spacial score (nSPS) is 16.1. The van der Waals surface area contributed by atoms with Gasteiger partial charge in [0, 0.05) is 35.6 Å². The fourth-order valence-electron chi connectivity index (χ4n) is 3.54. The van der Waals surface area contributed by atoms with Gasteiger partial charge in [0.25, 0.3) is 5.91 Å². The number of hydrogen-bond donors (Lipinski definition) is 1. The monoisotopic (exact) mass is 474 g/mol. The first-order valence-electron chi connectivity index (χ1n) is 9.96. The smallest absolute Gasteiger partial charge is 0.260 e. The number of benzene rings is 2. The van der Waals surface area contributed by atoms with Gasteiger partial charge in [-0.25, -0.2) is 0 Å². The van der Waals surface area contributed by atoms with E-state index in [2.05, 4.69) is 21.2 Å². The summed E-state index contributed by atoms with van der Waals surface area (Å²) in [4.78, 5) is 26.9. The Hall–Kier alpha value is -2.74. The molecule has 2 aliphatic rings. The Labute approximate surface area is 183 Å². The quantitative estimate of drug-likeness (QED) is 0.717. The molecule has 0 spiro atoms. The average molecular weight is 475 g/mol. The van der Waals surface area contributed by atoms with E-state index in [1.165, 1.54) is 0 Å². The maximum atomic E-state index is 12.7. The van der Waals surface area contributed by atoms with Crippen LogP contribution in [0.2, 0.25) is 0 Å². The van der Waals surface area contributed by atoms with Gasteiger partial charge in [0.15, 0.2) is 18.1 Å². The average Bonchev–Trinajstić information content (AvgIpc) is 2.78. The number of para-hydroxylation sites is 1. The summed E-state index contributed by atoms with van der Waals surface area (Å²) in [5, 5.41) is 2.97. The molecule has 0 aromatic heterocycles. The molecule has 0 atom stereocenters. The van der Waals surface area contributed by atoms with Crippen molar-refractivity contribution in [1.29, 1.82) is 0 Å². The van der Waals surface area contributed by atoms with Crippen LogP contribution in [0.15, 0.2) is 46.9 Å². The Morgan fingerprint density at radius 2 is 1.73 bits per heavy atom. The Morgan fingerprint density at radius 3 is 2.43 bits per heavy atom. The van der Waals surface area contributed by atoms with Crippen LogP contribution in [0.4, 0.5) is 5.69 Å². The number of carbonyl (C=O) groups excluding carboxylic acids is 2. The molecule has 1 N–H and O–H groups in total. The molecule has 1 fully saturated rings. The second kappa shape index (κ2) is 9.38. The molecule has 2 aliphatic heterocycles. The van der Waals surface area contributed by atoms with Crippen molar-refractivity contribution in [2.24, 2.45) is 5.92 Å². The molecule has 2 aromatic carbocycles. The molecule has 2 aromatic rings. The third-order valence-corrected chi connectivity index (χ3v) is 5.87. The van der Waals surface area contributed by atoms with Crippen LogP contribution >= 0.6 is 15.9 Å². The van der Waals surface area contributed by atoms with Gasteiger partial charge in [-0.15, -0.1) is 0 Å². The van der Waals surface area contributed by atoms with Crippen molar-refractivity contribution in [1.82, 2.24) is 4.90 Å². The largest absolute Gasteiger partial charge is 0.486 e. The van der Waals surface area contributed by atoms with Gasteiger partial charge in [0.05, 0.1) is 5.69 Å². The van der Waals surface area contributed by atoms with Crippen molar-refractivity contribution in [2.45, 2.75) is 12.8 Å². The molecule has 7 nitrogen and oxygen atoms in total. The van der Waals surface area contributed by atoms with Crippen LogP contribution < -0.4 is 19.5 Å².